The topological polar surface area (TPSA) is 65.4 Å². The number of ether oxygens (including phenoxy) is 2. The molecule has 2 aliphatic rings. The number of rotatable bonds is 5. The molecule has 24 heavy (non-hydrogen) atoms. The summed E-state index contributed by atoms with van der Waals surface area (Å²) in [5, 5.41) is 7.38. The zero-order valence-corrected chi connectivity index (χ0v) is 13.7. The first-order chi connectivity index (χ1) is 11.7. The van der Waals surface area contributed by atoms with Crippen LogP contribution in [0.15, 0.2) is 30.3 Å². The van der Waals surface area contributed by atoms with Crippen molar-refractivity contribution in [2.45, 2.75) is 31.3 Å². The third kappa shape index (κ3) is 3.09. The number of hydrogen-bond acceptors (Lipinski definition) is 4. The molecular formula is C18H21N3O3. The van der Waals surface area contributed by atoms with Gasteiger partial charge in [0.1, 0.15) is 18.4 Å². The van der Waals surface area contributed by atoms with E-state index in [0.717, 1.165) is 17.2 Å². The number of nitrogens with zero attached hydrogens (tertiary/aromatic N) is 2. The highest BCUT2D eigenvalue weighted by molar-refractivity contribution is 5.92. The van der Waals surface area contributed by atoms with E-state index in [0.29, 0.717) is 31.2 Å². The molecular weight excluding hydrogens is 306 g/mol. The van der Waals surface area contributed by atoms with Crippen LogP contribution in [0.4, 0.5) is 0 Å². The van der Waals surface area contributed by atoms with Crippen LogP contribution >= 0.6 is 0 Å². The monoisotopic (exact) mass is 327 g/mol. The van der Waals surface area contributed by atoms with Crippen LogP contribution in [0.1, 0.15) is 41.4 Å². The maximum absolute atomic E-state index is 12.3. The zero-order chi connectivity index (χ0) is 16.5. The average molecular weight is 327 g/mol. The first-order valence-corrected chi connectivity index (χ1v) is 8.41. The SMILES string of the molecule is Cn1nc(C2CC2)cc1C(=O)NCCC1COc2ccccc2O1. The van der Waals surface area contributed by atoms with Gasteiger partial charge in [0.25, 0.3) is 5.91 Å². The number of fused-ring (bicyclic) bond motifs is 1. The number of carbonyl (C=O) groups excluding carboxylic acids is 1. The molecule has 0 saturated heterocycles. The minimum atomic E-state index is -0.0889. The van der Waals surface area contributed by atoms with Crippen molar-refractivity contribution in [3.05, 3.63) is 41.7 Å². The third-order valence-corrected chi connectivity index (χ3v) is 4.45. The van der Waals surface area contributed by atoms with Gasteiger partial charge in [-0.3, -0.25) is 9.48 Å². The van der Waals surface area contributed by atoms with E-state index in [1.54, 1.807) is 4.68 Å². The van der Waals surface area contributed by atoms with Crippen LogP contribution in [0.3, 0.4) is 0 Å². The molecule has 1 aromatic heterocycles. The lowest BCUT2D eigenvalue weighted by atomic mass is 10.2. The van der Waals surface area contributed by atoms with Crippen molar-refractivity contribution < 1.29 is 14.3 Å². The fourth-order valence-corrected chi connectivity index (χ4v) is 2.92. The van der Waals surface area contributed by atoms with Gasteiger partial charge in [0, 0.05) is 25.9 Å². The fraction of sp³-hybridized carbons (Fsp3) is 0.444. The Morgan fingerprint density at radius 2 is 2.12 bits per heavy atom. The molecule has 1 aliphatic heterocycles. The zero-order valence-electron chi connectivity index (χ0n) is 13.7. The van der Waals surface area contributed by atoms with E-state index < -0.39 is 0 Å². The number of aromatic nitrogens is 2. The fourth-order valence-electron chi connectivity index (χ4n) is 2.92. The van der Waals surface area contributed by atoms with Crippen LogP contribution < -0.4 is 14.8 Å². The first-order valence-electron chi connectivity index (χ1n) is 8.41. The smallest absolute Gasteiger partial charge is 0.269 e. The molecule has 126 valence electrons. The van der Waals surface area contributed by atoms with Crippen LogP contribution in [0.5, 0.6) is 11.5 Å². The largest absolute Gasteiger partial charge is 0.486 e. The molecule has 1 unspecified atom stereocenters. The molecule has 0 spiro atoms. The summed E-state index contributed by atoms with van der Waals surface area (Å²) < 4.78 is 13.2. The Kier molecular flexibility index (Phi) is 3.88. The summed E-state index contributed by atoms with van der Waals surface area (Å²) in [6.07, 6.45) is 3.01. The minimum absolute atomic E-state index is 0.0474. The molecule has 2 aromatic rings. The number of aryl methyl sites for hydroxylation is 1. The van der Waals surface area contributed by atoms with E-state index in [1.807, 2.05) is 37.4 Å². The van der Waals surface area contributed by atoms with Crippen molar-refractivity contribution >= 4 is 5.91 Å². The van der Waals surface area contributed by atoms with E-state index in [9.17, 15) is 4.79 Å². The van der Waals surface area contributed by atoms with Crippen molar-refractivity contribution in [1.82, 2.24) is 15.1 Å². The average Bonchev–Trinajstić information content (AvgIpc) is 3.37. The van der Waals surface area contributed by atoms with Crippen molar-refractivity contribution in [2.75, 3.05) is 13.2 Å². The summed E-state index contributed by atoms with van der Waals surface area (Å²) in [5.74, 6) is 2.00. The molecule has 1 N–H and O–H groups in total. The Morgan fingerprint density at radius 3 is 2.92 bits per heavy atom. The van der Waals surface area contributed by atoms with Gasteiger partial charge in [0.2, 0.25) is 0 Å². The Morgan fingerprint density at radius 1 is 1.33 bits per heavy atom. The second kappa shape index (κ2) is 6.19. The Bertz CT molecular complexity index is 752. The Hall–Kier alpha value is -2.50. The van der Waals surface area contributed by atoms with Crippen molar-refractivity contribution in [2.24, 2.45) is 7.05 Å². The number of para-hydroxylation sites is 2. The molecule has 1 fully saturated rings. The predicted molar refractivity (Wildman–Crippen MR) is 88.5 cm³/mol. The number of benzene rings is 1. The number of hydrogen-bond donors (Lipinski definition) is 1. The summed E-state index contributed by atoms with van der Waals surface area (Å²) >= 11 is 0. The summed E-state index contributed by atoms with van der Waals surface area (Å²) in [7, 11) is 1.82. The Balaban J connectivity index is 1.29. The number of carbonyl (C=O) groups is 1. The third-order valence-electron chi connectivity index (χ3n) is 4.45. The highest BCUT2D eigenvalue weighted by Crippen LogP contribution is 2.39. The molecule has 6 nitrogen and oxygen atoms in total. The lowest BCUT2D eigenvalue weighted by Crippen LogP contribution is -2.34. The molecule has 4 rings (SSSR count). The maximum atomic E-state index is 12.3. The van der Waals surface area contributed by atoms with Gasteiger partial charge >= 0.3 is 0 Å². The van der Waals surface area contributed by atoms with Crippen molar-refractivity contribution in [1.29, 1.82) is 0 Å². The normalized spacial score (nSPS) is 19.1. The standard InChI is InChI=1S/C18H21N3O3/c1-21-15(10-14(20-21)12-6-7-12)18(22)19-9-8-13-11-23-16-4-2-3-5-17(16)24-13/h2-5,10,12-13H,6-9,11H2,1H3,(H,19,22). The van der Waals surface area contributed by atoms with Crippen molar-refractivity contribution in [3.63, 3.8) is 0 Å². The highest BCUT2D eigenvalue weighted by atomic mass is 16.6. The second-order valence-electron chi connectivity index (χ2n) is 6.39. The van der Waals surface area contributed by atoms with E-state index in [1.165, 1.54) is 12.8 Å². The van der Waals surface area contributed by atoms with Gasteiger partial charge in [-0.05, 0) is 31.0 Å². The molecule has 6 heteroatoms. The van der Waals surface area contributed by atoms with E-state index in [-0.39, 0.29) is 12.0 Å². The van der Waals surface area contributed by atoms with E-state index >= 15 is 0 Å². The van der Waals surface area contributed by atoms with Crippen LogP contribution in [0.25, 0.3) is 0 Å². The molecule has 1 amide bonds. The maximum Gasteiger partial charge on any atom is 0.269 e. The summed E-state index contributed by atoms with van der Waals surface area (Å²) in [5.41, 5.74) is 1.64. The van der Waals surface area contributed by atoms with Crippen LogP contribution in [-0.4, -0.2) is 34.9 Å². The summed E-state index contributed by atoms with van der Waals surface area (Å²) in [6.45, 7) is 1.05. The summed E-state index contributed by atoms with van der Waals surface area (Å²) in [6, 6.07) is 9.55. The minimum Gasteiger partial charge on any atom is -0.486 e. The number of amides is 1. The van der Waals surface area contributed by atoms with Gasteiger partial charge in [-0.15, -0.1) is 0 Å². The van der Waals surface area contributed by atoms with Gasteiger partial charge in [0.15, 0.2) is 11.5 Å². The van der Waals surface area contributed by atoms with Gasteiger partial charge in [-0.1, -0.05) is 12.1 Å². The van der Waals surface area contributed by atoms with Gasteiger partial charge in [-0.2, -0.15) is 5.10 Å². The molecule has 1 atom stereocenters. The summed E-state index contributed by atoms with van der Waals surface area (Å²) in [4.78, 5) is 12.3. The lowest BCUT2D eigenvalue weighted by Gasteiger charge is -2.26. The van der Waals surface area contributed by atoms with Crippen LogP contribution in [0, 0.1) is 0 Å². The van der Waals surface area contributed by atoms with Crippen LogP contribution in [-0.2, 0) is 7.05 Å². The molecule has 1 saturated carbocycles. The molecule has 2 heterocycles. The molecule has 1 aromatic carbocycles. The van der Waals surface area contributed by atoms with Gasteiger partial charge in [0.05, 0.1) is 5.69 Å². The van der Waals surface area contributed by atoms with Gasteiger partial charge in [-0.25, -0.2) is 0 Å². The molecule has 0 bridgehead atoms. The number of nitrogens with one attached hydrogen (secondary N) is 1. The highest BCUT2D eigenvalue weighted by Gasteiger charge is 2.28. The van der Waals surface area contributed by atoms with E-state index in [2.05, 4.69) is 10.4 Å². The molecule has 1 aliphatic carbocycles. The quantitative estimate of drug-likeness (QED) is 0.915. The first kappa shape index (κ1) is 15.1. The second-order valence-corrected chi connectivity index (χ2v) is 6.39. The predicted octanol–water partition coefficient (Wildman–Crippen LogP) is 2.26. The molecule has 0 radical (unpaired) electrons. The Labute approximate surface area is 140 Å². The van der Waals surface area contributed by atoms with Crippen molar-refractivity contribution in [3.8, 4) is 11.5 Å². The lowest BCUT2D eigenvalue weighted by molar-refractivity contribution is 0.0810. The van der Waals surface area contributed by atoms with Gasteiger partial charge < -0.3 is 14.8 Å². The van der Waals surface area contributed by atoms with E-state index in [4.69, 9.17) is 9.47 Å². The van der Waals surface area contributed by atoms with Crippen LogP contribution in [0.2, 0.25) is 0 Å².